The second kappa shape index (κ2) is 9.13. The molecule has 5 nitrogen and oxygen atoms in total. The van der Waals surface area contributed by atoms with Gasteiger partial charge in [-0.25, -0.2) is 0 Å². The fraction of sp³-hybridized carbons (Fsp3) is 0.263. The van der Waals surface area contributed by atoms with Crippen molar-refractivity contribution in [2.75, 3.05) is 12.4 Å². The molecule has 6 heteroatoms. The Kier molecular flexibility index (Phi) is 6.89. The number of methoxy groups -OCH3 is 1. The third-order valence-electron chi connectivity index (χ3n) is 3.41. The maximum absolute atomic E-state index is 11.9. The lowest BCUT2D eigenvalue weighted by molar-refractivity contribution is -0.151. The molecule has 2 aromatic rings. The highest BCUT2D eigenvalue weighted by Crippen LogP contribution is 2.35. The van der Waals surface area contributed by atoms with Gasteiger partial charge in [-0.15, -0.1) is 11.8 Å². The van der Waals surface area contributed by atoms with Crippen molar-refractivity contribution in [2.24, 2.45) is 0 Å². The summed E-state index contributed by atoms with van der Waals surface area (Å²) in [5.41, 5.74) is 0.768. The van der Waals surface area contributed by atoms with Crippen LogP contribution in [0.1, 0.15) is 13.8 Å². The van der Waals surface area contributed by atoms with Crippen LogP contribution in [0, 0.1) is 0 Å². The Morgan fingerprint density at radius 2 is 1.72 bits per heavy atom. The molecule has 0 spiro atoms. The van der Waals surface area contributed by atoms with E-state index in [9.17, 15) is 9.59 Å². The molecule has 1 aliphatic heterocycles. The maximum atomic E-state index is 11.9. The molecule has 2 aromatic carbocycles. The van der Waals surface area contributed by atoms with E-state index in [4.69, 9.17) is 9.47 Å². The third kappa shape index (κ3) is 5.53. The van der Waals surface area contributed by atoms with E-state index in [1.165, 1.54) is 18.7 Å². The van der Waals surface area contributed by atoms with Gasteiger partial charge >= 0.3 is 5.97 Å². The number of hydrogen-bond acceptors (Lipinski definition) is 5. The Hall–Kier alpha value is -2.47. The number of hydrogen-bond donors (Lipinski definition) is 1. The average Bonchev–Trinajstić information content (AvgIpc) is 2.73. The number of fused-ring (bicyclic) bond motifs is 1. The van der Waals surface area contributed by atoms with Crippen LogP contribution in [0.5, 0.6) is 5.75 Å². The van der Waals surface area contributed by atoms with Crippen molar-refractivity contribution < 1.29 is 19.1 Å². The van der Waals surface area contributed by atoms with Crippen molar-refractivity contribution in [3.63, 3.8) is 0 Å². The van der Waals surface area contributed by atoms with Crippen molar-refractivity contribution >= 4 is 29.3 Å². The molecule has 0 saturated carbocycles. The van der Waals surface area contributed by atoms with Crippen molar-refractivity contribution in [3.8, 4) is 5.75 Å². The summed E-state index contributed by atoms with van der Waals surface area (Å²) >= 11 is 1.53. The SMILES string of the molecule is CC(=O)OC1C(=O)Nc2ccccc2SC1C.COc1ccccc1. The lowest BCUT2D eigenvalue weighted by Gasteiger charge is -2.18. The Balaban J connectivity index is 0.000000236. The first-order valence-electron chi connectivity index (χ1n) is 7.84. The lowest BCUT2D eigenvalue weighted by Crippen LogP contribution is -2.37. The highest BCUT2D eigenvalue weighted by atomic mass is 32.2. The van der Waals surface area contributed by atoms with Crippen LogP contribution in [0.15, 0.2) is 59.5 Å². The molecule has 0 aromatic heterocycles. The van der Waals surface area contributed by atoms with Crippen LogP contribution in [0.3, 0.4) is 0 Å². The number of thioether (sulfide) groups is 1. The van der Waals surface area contributed by atoms with Crippen molar-refractivity contribution in [3.05, 3.63) is 54.6 Å². The van der Waals surface area contributed by atoms with E-state index in [0.717, 1.165) is 16.3 Å². The normalized spacial score (nSPS) is 18.6. The van der Waals surface area contributed by atoms with E-state index in [2.05, 4.69) is 5.32 Å². The summed E-state index contributed by atoms with van der Waals surface area (Å²) in [4.78, 5) is 23.9. The molecule has 1 aliphatic rings. The lowest BCUT2D eigenvalue weighted by atomic mass is 10.2. The zero-order chi connectivity index (χ0) is 18.2. The highest BCUT2D eigenvalue weighted by Gasteiger charge is 2.32. The molecular formula is C19H21NO4S. The van der Waals surface area contributed by atoms with Gasteiger partial charge in [0.1, 0.15) is 5.75 Å². The summed E-state index contributed by atoms with van der Waals surface area (Å²) in [6.45, 7) is 3.18. The molecule has 0 fully saturated rings. The van der Waals surface area contributed by atoms with E-state index >= 15 is 0 Å². The standard InChI is InChI=1S/C12H13NO3S.C7H8O/c1-7-11(16-8(2)14)12(15)13-9-5-3-4-6-10(9)17-7;1-8-7-5-3-2-4-6-7/h3-7,11H,1-2H3,(H,13,15);2-6H,1H3. The Bertz CT molecular complexity index is 720. The van der Waals surface area contributed by atoms with Gasteiger partial charge in [-0.3, -0.25) is 9.59 Å². The number of nitrogens with one attached hydrogen (secondary N) is 1. The van der Waals surface area contributed by atoms with Gasteiger partial charge in [0.05, 0.1) is 18.0 Å². The first-order chi connectivity index (χ1) is 12.0. The van der Waals surface area contributed by atoms with E-state index in [-0.39, 0.29) is 11.2 Å². The summed E-state index contributed by atoms with van der Waals surface area (Å²) in [5.74, 6) is 0.196. The van der Waals surface area contributed by atoms with Crippen molar-refractivity contribution in [1.82, 2.24) is 0 Å². The van der Waals surface area contributed by atoms with Crippen LogP contribution >= 0.6 is 11.8 Å². The van der Waals surface area contributed by atoms with Gasteiger partial charge in [0, 0.05) is 11.8 Å². The predicted octanol–water partition coefficient (Wildman–Crippen LogP) is 3.75. The summed E-state index contributed by atoms with van der Waals surface area (Å²) in [6, 6.07) is 17.2. The van der Waals surface area contributed by atoms with Crippen LogP contribution in [0.25, 0.3) is 0 Å². The first-order valence-corrected chi connectivity index (χ1v) is 8.72. The molecule has 1 N–H and O–H groups in total. The van der Waals surface area contributed by atoms with Crippen molar-refractivity contribution in [1.29, 1.82) is 0 Å². The van der Waals surface area contributed by atoms with Gasteiger partial charge < -0.3 is 14.8 Å². The van der Waals surface area contributed by atoms with E-state index < -0.39 is 12.1 Å². The predicted molar refractivity (Wildman–Crippen MR) is 98.9 cm³/mol. The Morgan fingerprint density at radius 1 is 1.08 bits per heavy atom. The summed E-state index contributed by atoms with van der Waals surface area (Å²) in [6.07, 6.45) is -0.745. The molecule has 2 atom stereocenters. The quantitative estimate of drug-likeness (QED) is 0.828. The molecule has 2 unspecified atom stereocenters. The van der Waals surface area contributed by atoms with Crippen LogP contribution in [0.4, 0.5) is 5.69 Å². The zero-order valence-electron chi connectivity index (χ0n) is 14.4. The molecule has 0 saturated heterocycles. The van der Waals surface area contributed by atoms with E-state index in [1.807, 2.05) is 61.5 Å². The summed E-state index contributed by atoms with van der Waals surface area (Å²) < 4.78 is 9.97. The van der Waals surface area contributed by atoms with Gasteiger partial charge in [0.25, 0.3) is 5.91 Å². The smallest absolute Gasteiger partial charge is 0.303 e. The third-order valence-corrected chi connectivity index (χ3v) is 4.64. The van der Waals surface area contributed by atoms with Crippen LogP contribution < -0.4 is 10.1 Å². The maximum Gasteiger partial charge on any atom is 0.303 e. The largest absolute Gasteiger partial charge is 0.497 e. The van der Waals surface area contributed by atoms with Crippen molar-refractivity contribution in [2.45, 2.75) is 30.1 Å². The van der Waals surface area contributed by atoms with Crippen LogP contribution in [-0.2, 0) is 14.3 Å². The number of carbonyl (C=O) groups is 2. The van der Waals surface area contributed by atoms with E-state index in [1.54, 1.807) is 7.11 Å². The average molecular weight is 359 g/mol. The summed E-state index contributed by atoms with van der Waals surface area (Å²) in [5, 5.41) is 2.66. The Morgan fingerprint density at radius 3 is 2.32 bits per heavy atom. The van der Waals surface area contributed by atoms with Gasteiger partial charge in [-0.1, -0.05) is 30.3 Å². The number of anilines is 1. The number of carbonyl (C=O) groups excluding carboxylic acids is 2. The zero-order valence-corrected chi connectivity index (χ0v) is 15.2. The first kappa shape index (κ1) is 18.9. The molecule has 0 bridgehead atoms. The molecule has 0 radical (unpaired) electrons. The second-order valence-corrected chi connectivity index (χ2v) is 6.77. The molecule has 25 heavy (non-hydrogen) atoms. The van der Waals surface area contributed by atoms with E-state index in [0.29, 0.717) is 0 Å². The van der Waals surface area contributed by atoms with Gasteiger partial charge in [-0.2, -0.15) is 0 Å². The number of benzene rings is 2. The minimum absolute atomic E-state index is 0.109. The summed E-state index contributed by atoms with van der Waals surface area (Å²) in [7, 11) is 1.66. The minimum Gasteiger partial charge on any atom is -0.497 e. The van der Waals surface area contributed by atoms with Crippen LogP contribution in [-0.4, -0.2) is 30.3 Å². The number of rotatable bonds is 2. The molecule has 1 amide bonds. The van der Waals surface area contributed by atoms with Gasteiger partial charge in [0.2, 0.25) is 0 Å². The van der Waals surface area contributed by atoms with Crippen LogP contribution in [0.2, 0.25) is 0 Å². The molecule has 0 aliphatic carbocycles. The fourth-order valence-corrected chi connectivity index (χ4v) is 3.34. The molecule has 1 heterocycles. The van der Waals surface area contributed by atoms with Gasteiger partial charge in [0.15, 0.2) is 6.10 Å². The molecule has 3 rings (SSSR count). The molecule has 132 valence electrons. The van der Waals surface area contributed by atoms with Gasteiger partial charge in [-0.05, 0) is 31.2 Å². The Labute approximate surface area is 151 Å². The number of amides is 1. The number of esters is 1. The fourth-order valence-electron chi connectivity index (χ4n) is 2.24. The number of ether oxygens (including phenoxy) is 2. The topological polar surface area (TPSA) is 64.6 Å². The monoisotopic (exact) mass is 359 g/mol. The minimum atomic E-state index is -0.745. The second-order valence-electron chi connectivity index (χ2n) is 5.36. The number of para-hydroxylation sites is 2. The molecular weight excluding hydrogens is 338 g/mol. The highest BCUT2D eigenvalue weighted by molar-refractivity contribution is 8.00.